The first-order chi connectivity index (χ1) is 9.15. The Morgan fingerprint density at radius 3 is 2.79 bits per heavy atom. The first-order valence-corrected chi connectivity index (χ1v) is 5.76. The summed E-state index contributed by atoms with van der Waals surface area (Å²) in [5, 5.41) is 0. The second kappa shape index (κ2) is 4.20. The quantitative estimate of drug-likeness (QED) is 0.730. The lowest BCUT2D eigenvalue weighted by Gasteiger charge is -2.12. The van der Waals surface area contributed by atoms with Gasteiger partial charge in [-0.1, -0.05) is 6.07 Å². The highest BCUT2D eigenvalue weighted by Gasteiger charge is 2.11. The molecule has 0 bridgehead atoms. The Kier molecular flexibility index (Phi) is 2.52. The van der Waals surface area contributed by atoms with E-state index < -0.39 is 0 Å². The van der Waals surface area contributed by atoms with E-state index in [4.69, 9.17) is 5.73 Å². The van der Waals surface area contributed by atoms with Gasteiger partial charge in [-0.2, -0.15) is 15.0 Å². The molecule has 19 heavy (non-hydrogen) atoms. The van der Waals surface area contributed by atoms with Crippen LogP contribution < -0.4 is 10.6 Å². The highest BCUT2D eigenvalue weighted by Crippen LogP contribution is 2.19. The van der Waals surface area contributed by atoms with E-state index in [0.29, 0.717) is 11.8 Å². The summed E-state index contributed by atoms with van der Waals surface area (Å²) in [5.41, 5.74) is 7.40. The molecular weight excluding hydrogens is 242 g/mol. The van der Waals surface area contributed by atoms with E-state index in [-0.39, 0.29) is 5.95 Å². The van der Waals surface area contributed by atoms with E-state index >= 15 is 0 Å². The summed E-state index contributed by atoms with van der Waals surface area (Å²) in [6.07, 6.45) is 3.59. The summed E-state index contributed by atoms with van der Waals surface area (Å²) in [5.74, 6) is 1.25. The number of rotatable bonds is 2. The Morgan fingerprint density at radius 2 is 2.00 bits per heavy atom. The normalized spacial score (nSPS) is 10.8. The lowest BCUT2D eigenvalue weighted by atomic mass is 10.3. The lowest BCUT2D eigenvalue weighted by Crippen LogP contribution is -2.15. The summed E-state index contributed by atoms with van der Waals surface area (Å²) in [6, 6.07) is 5.75. The fraction of sp³-hybridized carbons (Fsp3) is 0.167. The minimum Gasteiger partial charge on any atom is -0.368 e. The van der Waals surface area contributed by atoms with Gasteiger partial charge in [0.2, 0.25) is 11.9 Å². The maximum absolute atomic E-state index is 5.74. The highest BCUT2D eigenvalue weighted by atomic mass is 15.3. The molecule has 0 aliphatic carbocycles. The van der Waals surface area contributed by atoms with Crippen LogP contribution in [0.5, 0.6) is 0 Å². The average molecular weight is 255 g/mol. The van der Waals surface area contributed by atoms with E-state index in [1.165, 1.54) is 0 Å². The largest absolute Gasteiger partial charge is 0.368 e. The second-order valence-electron chi connectivity index (χ2n) is 4.28. The summed E-state index contributed by atoms with van der Waals surface area (Å²) >= 11 is 0. The smallest absolute Gasteiger partial charge is 0.230 e. The Labute approximate surface area is 109 Å². The number of fused-ring (bicyclic) bond motifs is 1. The Bertz CT molecular complexity index is 732. The van der Waals surface area contributed by atoms with Crippen molar-refractivity contribution in [3.63, 3.8) is 0 Å². The maximum atomic E-state index is 5.74. The Hall–Kier alpha value is -2.70. The zero-order chi connectivity index (χ0) is 13.4. The molecule has 2 N–H and O–H groups in total. The van der Waals surface area contributed by atoms with E-state index in [9.17, 15) is 0 Å². The predicted molar refractivity (Wildman–Crippen MR) is 72.8 cm³/mol. The van der Waals surface area contributed by atoms with Gasteiger partial charge < -0.3 is 10.6 Å². The topological polar surface area (TPSA) is 85.2 Å². The highest BCUT2D eigenvalue weighted by molar-refractivity contribution is 5.58. The number of hydrogen-bond donors (Lipinski definition) is 1. The Morgan fingerprint density at radius 1 is 1.16 bits per heavy atom. The molecule has 0 radical (unpaired) electrons. The number of anilines is 2. The summed E-state index contributed by atoms with van der Waals surface area (Å²) in [6.45, 7) is 0. The number of nitrogen functional groups attached to an aromatic ring is 1. The third kappa shape index (κ3) is 1.95. The van der Waals surface area contributed by atoms with Crippen LogP contribution in [0.1, 0.15) is 0 Å². The van der Waals surface area contributed by atoms with Gasteiger partial charge in [-0.05, 0) is 12.1 Å². The van der Waals surface area contributed by atoms with Crippen LogP contribution in [0.4, 0.5) is 11.9 Å². The third-order valence-electron chi connectivity index (χ3n) is 2.70. The van der Waals surface area contributed by atoms with E-state index in [0.717, 1.165) is 11.3 Å². The summed E-state index contributed by atoms with van der Waals surface area (Å²) < 4.78 is 1.91. The monoisotopic (exact) mass is 255 g/mol. The molecule has 0 saturated carbocycles. The number of hydrogen-bond acceptors (Lipinski definition) is 6. The molecule has 96 valence electrons. The molecule has 0 atom stereocenters. The lowest BCUT2D eigenvalue weighted by molar-refractivity contribution is 0.961. The van der Waals surface area contributed by atoms with Crippen LogP contribution >= 0.6 is 0 Å². The van der Waals surface area contributed by atoms with Gasteiger partial charge in [0.25, 0.3) is 0 Å². The van der Waals surface area contributed by atoms with Crippen LogP contribution in [-0.4, -0.2) is 38.4 Å². The fourth-order valence-electron chi connectivity index (χ4n) is 1.83. The van der Waals surface area contributed by atoms with Crippen molar-refractivity contribution in [2.75, 3.05) is 24.7 Å². The van der Waals surface area contributed by atoms with Crippen molar-refractivity contribution in [3.05, 3.63) is 30.6 Å². The summed E-state index contributed by atoms with van der Waals surface area (Å²) in [4.78, 5) is 18.7. The summed E-state index contributed by atoms with van der Waals surface area (Å²) in [7, 11) is 3.71. The van der Waals surface area contributed by atoms with E-state index in [1.807, 2.05) is 42.9 Å². The van der Waals surface area contributed by atoms with Crippen molar-refractivity contribution in [1.82, 2.24) is 24.3 Å². The molecule has 3 aromatic heterocycles. The van der Waals surface area contributed by atoms with Gasteiger partial charge in [0.15, 0.2) is 5.82 Å². The van der Waals surface area contributed by atoms with Crippen molar-refractivity contribution in [1.29, 1.82) is 0 Å². The molecular formula is C12H13N7. The van der Waals surface area contributed by atoms with Gasteiger partial charge in [0, 0.05) is 26.5 Å². The molecule has 3 rings (SSSR count). The Balaban J connectivity index is 2.24. The zero-order valence-corrected chi connectivity index (χ0v) is 10.6. The molecule has 7 nitrogen and oxygen atoms in total. The van der Waals surface area contributed by atoms with Gasteiger partial charge in [0.05, 0.1) is 5.69 Å². The molecule has 7 heteroatoms. The predicted octanol–water partition coefficient (Wildman–Crippen LogP) is 0.834. The number of imidazole rings is 1. The van der Waals surface area contributed by atoms with Crippen molar-refractivity contribution in [2.24, 2.45) is 0 Å². The molecule has 0 spiro atoms. The molecule has 3 heterocycles. The first kappa shape index (κ1) is 11.4. The molecule has 0 amide bonds. The molecule has 0 saturated heterocycles. The first-order valence-electron chi connectivity index (χ1n) is 5.76. The number of pyridine rings is 1. The number of nitrogens with zero attached hydrogens (tertiary/aromatic N) is 6. The van der Waals surface area contributed by atoms with Crippen LogP contribution in [-0.2, 0) is 0 Å². The van der Waals surface area contributed by atoms with Gasteiger partial charge in [-0.15, -0.1) is 0 Å². The van der Waals surface area contributed by atoms with Crippen LogP contribution in [0.2, 0.25) is 0 Å². The molecule has 0 aliphatic heterocycles. The van der Waals surface area contributed by atoms with Crippen molar-refractivity contribution in [2.45, 2.75) is 0 Å². The molecule has 0 aromatic carbocycles. The molecule has 0 unspecified atom stereocenters. The third-order valence-corrected chi connectivity index (χ3v) is 2.70. The number of nitrogens with two attached hydrogens (primary N) is 1. The van der Waals surface area contributed by atoms with Gasteiger partial charge in [-0.25, -0.2) is 4.98 Å². The van der Waals surface area contributed by atoms with E-state index in [2.05, 4.69) is 19.9 Å². The van der Waals surface area contributed by atoms with E-state index in [1.54, 1.807) is 11.1 Å². The van der Waals surface area contributed by atoms with Gasteiger partial charge in [0.1, 0.15) is 5.65 Å². The maximum Gasteiger partial charge on any atom is 0.230 e. The standard InChI is InChI=1S/C12H13N7/c1-18(2)12-16-10(15-11(13)17-12)8-4-3-5-9-14-6-7-19(8)9/h3-7H,1-2H3,(H2,13,15,16,17). The van der Waals surface area contributed by atoms with Crippen LogP contribution in [0, 0.1) is 0 Å². The van der Waals surface area contributed by atoms with Crippen molar-refractivity contribution >= 4 is 17.5 Å². The minimum atomic E-state index is 0.200. The minimum absolute atomic E-state index is 0.200. The van der Waals surface area contributed by atoms with Crippen LogP contribution in [0.15, 0.2) is 30.6 Å². The average Bonchev–Trinajstić information content (AvgIpc) is 2.85. The van der Waals surface area contributed by atoms with Gasteiger partial charge >= 0.3 is 0 Å². The molecule has 0 fully saturated rings. The molecule has 0 aliphatic rings. The SMILES string of the molecule is CN(C)c1nc(N)nc(-c2cccc3nccn23)n1. The molecule has 3 aromatic rings. The zero-order valence-electron chi connectivity index (χ0n) is 10.6. The van der Waals surface area contributed by atoms with Gasteiger partial charge in [-0.3, -0.25) is 4.40 Å². The van der Waals surface area contributed by atoms with Crippen LogP contribution in [0.25, 0.3) is 17.2 Å². The fourth-order valence-corrected chi connectivity index (χ4v) is 1.83. The number of aromatic nitrogens is 5. The van der Waals surface area contributed by atoms with Crippen molar-refractivity contribution in [3.8, 4) is 11.5 Å². The van der Waals surface area contributed by atoms with Crippen molar-refractivity contribution < 1.29 is 0 Å². The second-order valence-corrected chi connectivity index (χ2v) is 4.28. The van der Waals surface area contributed by atoms with Crippen LogP contribution in [0.3, 0.4) is 0 Å².